The summed E-state index contributed by atoms with van der Waals surface area (Å²) in [6, 6.07) is 15.8. The molecule has 2 aromatic carbocycles. The van der Waals surface area contributed by atoms with Crippen molar-refractivity contribution in [1.82, 2.24) is 0 Å². The summed E-state index contributed by atoms with van der Waals surface area (Å²) in [6.07, 6.45) is -4.47. The van der Waals surface area contributed by atoms with Gasteiger partial charge in [-0.15, -0.1) is 0 Å². The van der Waals surface area contributed by atoms with Gasteiger partial charge in [0.2, 0.25) is 0 Å². The van der Waals surface area contributed by atoms with Gasteiger partial charge in [0, 0.05) is 0 Å². The molecule has 0 aliphatic heterocycles. The van der Waals surface area contributed by atoms with Crippen LogP contribution in [-0.2, 0) is 9.53 Å². The van der Waals surface area contributed by atoms with Crippen molar-refractivity contribution in [1.29, 1.82) is 0 Å². The van der Waals surface area contributed by atoms with Gasteiger partial charge in [0.25, 0.3) is 0 Å². The van der Waals surface area contributed by atoms with Gasteiger partial charge in [-0.25, -0.2) is 0 Å². The van der Waals surface area contributed by atoms with Crippen LogP contribution in [0, 0.1) is 0 Å². The number of amides is 1. The Morgan fingerprint density at radius 1 is 1.15 bits per heavy atom. The van der Waals surface area contributed by atoms with Gasteiger partial charge < -0.3 is 0 Å². The van der Waals surface area contributed by atoms with Crippen molar-refractivity contribution < 1.29 is 22.7 Å². The van der Waals surface area contributed by atoms with Crippen LogP contribution in [0.25, 0.3) is 0 Å². The van der Waals surface area contributed by atoms with Gasteiger partial charge in [-0.05, 0) is 0 Å². The van der Waals surface area contributed by atoms with Crippen molar-refractivity contribution >= 4 is 42.6 Å². The zero-order chi connectivity index (χ0) is 20.1. The van der Waals surface area contributed by atoms with Crippen molar-refractivity contribution in [3.05, 3.63) is 59.6 Å². The summed E-state index contributed by atoms with van der Waals surface area (Å²) in [6.45, 7) is 1.60. The Kier molecular flexibility index (Phi) is 7.34. The number of rotatable bonds is 7. The summed E-state index contributed by atoms with van der Waals surface area (Å²) in [5, 5.41) is 3.19. The first-order chi connectivity index (χ1) is 12.6. The van der Waals surface area contributed by atoms with Crippen molar-refractivity contribution in [2.75, 3.05) is 11.9 Å². The van der Waals surface area contributed by atoms with Gasteiger partial charge >= 0.3 is 167 Å². The summed E-state index contributed by atoms with van der Waals surface area (Å²) in [5.74, 6) is -0.409. The first kappa shape index (κ1) is 21.8. The first-order valence-electron chi connectivity index (χ1n) is 8.06. The number of anilines is 1. The van der Waals surface area contributed by atoms with Crippen LogP contribution >= 0.6 is 11.6 Å². The van der Waals surface area contributed by atoms with Gasteiger partial charge in [0.05, 0.1) is 0 Å². The maximum atomic E-state index is 12.9. The van der Waals surface area contributed by atoms with E-state index in [9.17, 15) is 18.0 Å². The Morgan fingerprint density at radius 3 is 2.41 bits per heavy atom. The third-order valence-corrected chi connectivity index (χ3v) is 7.08. The molecule has 0 saturated carbocycles. The molecular weight excluding hydrogens is 446 g/mol. The van der Waals surface area contributed by atoms with Crippen molar-refractivity contribution in [2.45, 2.75) is 30.4 Å². The van der Waals surface area contributed by atoms with E-state index in [0.717, 1.165) is 4.46 Å². The molecule has 1 N–H and O–H groups in total. The van der Waals surface area contributed by atoms with Gasteiger partial charge in [-0.1, -0.05) is 0 Å². The van der Waals surface area contributed by atoms with Crippen molar-refractivity contribution in [3.63, 3.8) is 0 Å². The van der Waals surface area contributed by atoms with Gasteiger partial charge in [0.1, 0.15) is 0 Å². The molecular formula is C19H19ClF3NO2Se. The summed E-state index contributed by atoms with van der Waals surface area (Å²) < 4.78 is 43.9. The third kappa shape index (κ3) is 7.18. The molecule has 0 aliphatic carbocycles. The van der Waals surface area contributed by atoms with E-state index in [1.165, 1.54) is 13.8 Å². The molecule has 1 atom stereocenters. The quantitative estimate of drug-likeness (QED) is 0.615. The number of carbonyl (C=O) groups excluding carboxylic acids is 1. The van der Waals surface area contributed by atoms with Crippen LogP contribution in [-0.4, -0.2) is 39.2 Å². The Labute approximate surface area is 167 Å². The van der Waals surface area contributed by atoms with E-state index >= 15 is 0 Å². The van der Waals surface area contributed by atoms with Crippen LogP contribution in [0.2, 0.25) is 9.84 Å². The third-order valence-electron chi connectivity index (χ3n) is 3.57. The molecule has 0 spiro atoms. The molecule has 8 heteroatoms. The van der Waals surface area contributed by atoms with Crippen LogP contribution in [0.1, 0.15) is 13.8 Å². The van der Waals surface area contributed by atoms with Crippen molar-refractivity contribution in [3.8, 4) is 0 Å². The second-order valence-electron chi connectivity index (χ2n) is 6.32. The first-order valence-corrected chi connectivity index (χ1v) is 10.3. The van der Waals surface area contributed by atoms with E-state index in [1.54, 1.807) is 24.3 Å². The van der Waals surface area contributed by atoms with Crippen LogP contribution in [0.15, 0.2) is 54.6 Å². The topological polar surface area (TPSA) is 38.3 Å². The Hall–Kier alpha value is -1.53. The Balaban J connectivity index is 2.23. The minimum absolute atomic E-state index is 0.409. The molecule has 1 unspecified atom stereocenters. The van der Waals surface area contributed by atoms with E-state index in [1.807, 2.05) is 30.3 Å². The number of halogens is 4. The number of alkyl halides is 3. The fourth-order valence-corrected chi connectivity index (χ4v) is 4.77. The summed E-state index contributed by atoms with van der Waals surface area (Å²) in [4.78, 5) is 12.1. The number of benzene rings is 2. The molecule has 0 aliphatic rings. The Morgan fingerprint density at radius 2 is 1.81 bits per heavy atom. The maximum absolute atomic E-state index is 12.9. The molecule has 0 heterocycles. The number of nitrogens with one attached hydrogen (secondary N) is 1. The van der Waals surface area contributed by atoms with E-state index in [0.29, 0.717) is 10.7 Å². The van der Waals surface area contributed by atoms with E-state index in [2.05, 4.69) is 5.32 Å². The Bertz CT molecular complexity index is 769. The molecule has 0 aromatic heterocycles. The molecule has 0 radical (unpaired) electrons. The molecule has 0 fully saturated rings. The second-order valence-corrected chi connectivity index (χ2v) is 9.23. The molecule has 0 saturated heterocycles. The van der Waals surface area contributed by atoms with Gasteiger partial charge in [-0.2, -0.15) is 0 Å². The number of hydrogen-bond acceptors (Lipinski definition) is 2. The van der Waals surface area contributed by atoms with E-state index < -0.39 is 44.1 Å². The monoisotopic (exact) mass is 465 g/mol. The van der Waals surface area contributed by atoms with E-state index in [-0.39, 0.29) is 0 Å². The number of ether oxygens (including phenoxy) is 1. The number of carbonyl (C=O) groups is 1. The second kappa shape index (κ2) is 9.11. The van der Waals surface area contributed by atoms with Crippen molar-refractivity contribution in [2.24, 2.45) is 0 Å². The van der Waals surface area contributed by atoms with Crippen LogP contribution in [0.4, 0.5) is 18.9 Å². The summed E-state index contributed by atoms with van der Waals surface area (Å²) >= 11 is 5.48. The molecule has 146 valence electrons. The molecule has 2 aromatic rings. The van der Waals surface area contributed by atoms with Gasteiger partial charge in [0.15, 0.2) is 0 Å². The SMILES string of the molecule is CC(C)(OCC(F)(F)F)C([Se]c1ccccc1)C(=O)Nc1cccc(Cl)c1. The fraction of sp³-hybridized carbons (Fsp3) is 0.316. The van der Waals surface area contributed by atoms with Crippen LogP contribution in [0.3, 0.4) is 0 Å². The molecule has 1 amide bonds. The predicted octanol–water partition coefficient (Wildman–Crippen LogP) is 4.45. The summed E-state index contributed by atoms with van der Waals surface area (Å²) in [7, 11) is 0. The van der Waals surface area contributed by atoms with Crippen LogP contribution in [0.5, 0.6) is 0 Å². The zero-order valence-electron chi connectivity index (χ0n) is 14.7. The fourth-order valence-electron chi connectivity index (χ4n) is 2.26. The average Bonchev–Trinajstić information content (AvgIpc) is 2.58. The standard InChI is InChI=1S/C19H19ClF3NO2Se/c1-18(2,26-12-19(21,22)23)16(27-15-9-4-3-5-10-15)17(25)24-14-8-6-7-13(20)11-14/h3-11,16H,12H2,1-2H3,(H,24,25). The molecule has 3 nitrogen and oxygen atoms in total. The molecule has 27 heavy (non-hydrogen) atoms. The predicted molar refractivity (Wildman–Crippen MR) is 102 cm³/mol. The van der Waals surface area contributed by atoms with Crippen LogP contribution < -0.4 is 9.78 Å². The summed E-state index contributed by atoms with van der Waals surface area (Å²) in [5.41, 5.74) is -0.832. The zero-order valence-corrected chi connectivity index (χ0v) is 17.2. The average molecular weight is 465 g/mol. The normalized spacial score (nSPS) is 13.3. The van der Waals surface area contributed by atoms with Gasteiger partial charge in [-0.3, -0.25) is 0 Å². The molecule has 2 rings (SSSR count). The number of hydrogen-bond donors (Lipinski definition) is 1. The molecule has 0 bridgehead atoms. The minimum atomic E-state index is -4.47. The van der Waals surface area contributed by atoms with E-state index in [4.69, 9.17) is 16.3 Å².